The van der Waals surface area contributed by atoms with Crippen LogP contribution < -0.4 is 4.72 Å². The number of carbonyl (C=O) groups is 2. The molecule has 2 fully saturated rings. The molecule has 2 bridgehead atoms. The van der Waals surface area contributed by atoms with Crippen molar-refractivity contribution in [2.75, 3.05) is 13.2 Å². The Kier molecular flexibility index (Phi) is 7.26. The van der Waals surface area contributed by atoms with Gasteiger partial charge in [0.2, 0.25) is 0 Å². The summed E-state index contributed by atoms with van der Waals surface area (Å²) < 4.78 is 54.5. The quantitative estimate of drug-likeness (QED) is 0.470. The van der Waals surface area contributed by atoms with Crippen LogP contribution in [-0.2, 0) is 33.4 Å². The molecule has 0 aromatic heterocycles. The molecule has 0 unspecified atom stereocenters. The summed E-state index contributed by atoms with van der Waals surface area (Å²) in [5.74, 6) is 0.800. The number of fused-ring (bicyclic) bond motifs is 3. The molecule has 2 aliphatic rings. The summed E-state index contributed by atoms with van der Waals surface area (Å²) in [6, 6.07) is 14.9. The predicted octanol–water partition coefficient (Wildman–Crippen LogP) is 1.05. The van der Waals surface area contributed by atoms with E-state index in [9.17, 15) is 18.0 Å². The maximum absolute atomic E-state index is 12.9. The fourth-order valence-electron chi connectivity index (χ4n) is 3.61. The highest BCUT2D eigenvalue weighted by atomic mass is 32.2. The Morgan fingerprint density at radius 3 is 2.09 bits per heavy atom. The highest BCUT2D eigenvalue weighted by molar-refractivity contribution is 7.84. The molecule has 5 atom stereocenters. The average molecular weight is 487 g/mol. The topological polar surface area (TPSA) is 126 Å². The van der Waals surface area contributed by atoms with Crippen molar-refractivity contribution in [1.82, 2.24) is 4.72 Å². The molecule has 2 heterocycles. The number of nitrogens with one attached hydrogen (secondary N) is 1. The third kappa shape index (κ3) is 5.44. The van der Waals surface area contributed by atoms with E-state index in [1.165, 1.54) is 12.1 Å². The summed E-state index contributed by atoms with van der Waals surface area (Å²) in [5, 5.41) is 0. The van der Waals surface area contributed by atoms with Gasteiger partial charge in [-0.05, 0) is 24.3 Å². The number of terminal acetylenes is 1. The van der Waals surface area contributed by atoms with Crippen molar-refractivity contribution in [2.24, 2.45) is 0 Å². The standard InChI is InChI=1S/C23H21NO9S/c1-2-13-29-23-18-20(33-22(26)16-11-7-4-8-12-16)19(17(31-23)14-30-34(27,28)24-18)32-21(25)15-9-5-3-6-10-15/h1,3-12,17-20,23-24H,13-14H2/t17-,18+,19-,20-,23+/m1/s1. The number of rotatable bonds is 6. The number of hydrogen-bond donors (Lipinski definition) is 1. The Morgan fingerprint density at radius 2 is 1.53 bits per heavy atom. The van der Waals surface area contributed by atoms with Crippen LogP contribution in [0.5, 0.6) is 0 Å². The lowest BCUT2D eigenvalue weighted by atomic mass is 9.96. The summed E-state index contributed by atoms with van der Waals surface area (Å²) in [4.78, 5) is 25.7. The van der Waals surface area contributed by atoms with Crippen molar-refractivity contribution in [3.8, 4) is 12.3 Å². The molecule has 11 heteroatoms. The molecule has 2 saturated heterocycles. The van der Waals surface area contributed by atoms with Crippen LogP contribution >= 0.6 is 0 Å². The fraction of sp³-hybridized carbons (Fsp3) is 0.304. The Morgan fingerprint density at radius 1 is 0.971 bits per heavy atom. The zero-order chi connectivity index (χ0) is 24.1. The second kappa shape index (κ2) is 10.3. The average Bonchev–Trinajstić information content (AvgIpc) is 2.84. The van der Waals surface area contributed by atoms with Crippen LogP contribution in [0.2, 0.25) is 0 Å². The molecule has 2 aromatic carbocycles. The van der Waals surface area contributed by atoms with Gasteiger partial charge >= 0.3 is 22.2 Å². The number of hydrogen-bond acceptors (Lipinski definition) is 9. The molecule has 178 valence electrons. The van der Waals surface area contributed by atoms with Gasteiger partial charge in [0.05, 0.1) is 17.7 Å². The lowest BCUT2D eigenvalue weighted by molar-refractivity contribution is -0.265. The van der Waals surface area contributed by atoms with E-state index >= 15 is 0 Å². The van der Waals surface area contributed by atoms with Crippen molar-refractivity contribution in [1.29, 1.82) is 0 Å². The maximum Gasteiger partial charge on any atom is 0.338 e. The van der Waals surface area contributed by atoms with Crippen LogP contribution in [0.3, 0.4) is 0 Å². The third-order valence-corrected chi connectivity index (χ3v) is 6.16. The normalized spacial score (nSPS) is 27.6. The first kappa shape index (κ1) is 23.9. The first-order valence-electron chi connectivity index (χ1n) is 10.3. The summed E-state index contributed by atoms with van der Waals surface area (Å²) in [6.45, 7) is -0.728. The van der Waals surface area contributed by atoms with Crippen molar-refractivity contribution >= 4 is 22.2 Å². The molecule has 1 N–H and O–H groups in total. The smallest absolute Gasteiger partial charge is 0.338 e. The number of carbonyl (C=O) groups excluding carboxylic acids is 2. The Labute approximate surface area is 196 Å². The van der Waals surface area contributed by atoms with Crippen LogP contribution in [0.25, 0.3) is 0 Å². The second-order valence-electron chi connectivity index (χ2n) is 7.41. The lowest BCUT2D eigenvalue weighted by Crippen LogP contribution is -2.68. The molecular weight excluding hydrogens is 466 g/mol. The molecule has 0 amide bonds. The summed E-state index contributed by atoms with van der Waals surface area (Å²) >= 11 is 0. The first-order chi connectivity index (χ1) is 16.4. The molecule has 0 radical (unpaired) electrons. The number of benzene rings is 2. The number of esters is 2. The SMILES string of the molecule is C#CCO[C@H]1O[C@@H]2COS(=O)(=O)N[C@H]1[C@@H](OC(=O)c1ccccc1)[C@@H]2OC(=O)c1ccccc1. The van der Waals surface area contributed by atoms with Crippen LogP contribution in [0, 0.1) is 12.3 Å². The fourth-order valence-corrected chi connectivity index (χ4v) is 4.57. The van der Waals surface area contributed by atoms with Crippen LogP contribution in [-0.4, -0.2) is 64.2 Å². The van der Waals surface area contributed by atoms with Gasteiger partial charge in [-0.3, -0.25) is 4.18 Å². The Hall–Kier alpha value is -3.27. The molecule has 10 nitrogen and oxygen atoms in total. The highest BCUT2D eigenvalue weighted by Crippen LogP contribution is 2.31. The van der Waals surface area contributed by atoms with Gasteiger partial charge < -0.3 is 18.9 Å². The zero-order valence-corrected chi connectivity index (χ0v) is 18.6. The predicted molar refractivity (Wildman–Crippen MR) is 117 cm³/mol. The lowest BCUT2D eigenvalue weighted by Gasteiger charge is -2.46. The van der Waals surface area contributed by atoms with Gasteiger partial charge in [0, 0.05) is 0 Å². The molecule has 34 heavy (non-hydrogen) atoms. The maximum atomic E-state index is 12.9. The van der Waals surface area contributed by atoms with Crippen LogP contribution in [0.1, 0.15) is 20.7 Å². The van der Waals surface area contributed by atoms with Crippen molar-refractivity contribution < 1.29 is 41.1 Å². The second-order valence-corrected chi connectivity index (χ2v) is 8.79. The van der Waals surface area contributed by atoms with Gasteiger partial charge in [-0.2, -0.15) is 13.1 Å². The van der Waals surface area contributed by atoms with Gasteiger partial charge in [0.1, 0.15) is 18.8 Å². The van der Waals surface area contributed by atoms with E-state index in [4.69, 9.17) is 29.6 Å². The van der Waals surface area contributed by atoms with E-state index < -0.39 is 59.5 Å². The zero-order valence-electron chi connectivity index (χ0n) is 17.7. The van der Waals surface area contributed by atoms with E-state index in [0.717, 1.165) is 0 Å². The van der Waals surface area contributed by atoms with Crippen molar-refractivity contribution in [2.45, 2.75) is 30.6 Å². The molecule has 2 aromatic rings. The largest absolute Gasteiger partial charge is 0.453 e. The van der Waals surface area contributed by atoms with E-state index in [2.05, 4.69) is 10.6 Å². The minimum Gasteiger partial charge on any atom is -0.453 e. The summed E-state index contributed by atoms with van der Waals surface area (Å²) in [6.07, 6.45) is 0.348. The summed E-state index contributed by atoms with van der Waals surface area (Å²) in [5.41, 5.74) is 0.463. The molecule has 0 spiro atoms. The van der Waals surface area contributed by atoms with E-state index in [1.54, 1.807) is 48.5 Å². The van der Waals surface area contributed by atoms with E-state index in [-0.39, 0.29) is 17.7 Å². The molecule has 2 aliphatic heterocycles. The van der Waals surface area contributed by atoms with Crippen LogP contribution in [0.4, 0.5) is 0 Å². The van der Waals surface area contributed by atoms with Gasteiger partial charge in [0.25, 0.3) is 0 Å². The van der Waals surface area contributed by atoms with E-state index in [1.807, 2.05) is 0 Å². The Bertz CT molecular complexity index is 1160. The minimum atomic E-state index is -4.26. The van der Waals surface area contributed by atoms with Gasteiger partial charge in [0.15, 0.2) is 18.5 Å². The number of ether oxygens (including phenoxy) is 4. The third-order valence-electron chi connectivity index (χ3n) is 5.15. The highest BCUT2D eigenvalue weighted by Gasteiger charge is 2.54. The monoisotopic (exact) mass is 487 g/mol. The molecule has 0 aliphatic carbocycles. The Balaban J connectivity index is 1.69. The van der Waals surface area contributed by atoms with Gasteiger partial charge in [-0.15, -0.1) is 6.42 Å². The summed E-state index contributed by atoms with van der Waals surface area (Å²) in [7, 11) is -4.26. The van der Waals surface area contributed by atoms with Gasteiger partial charge in [-0.25, -0.2) is 9.59 Å². The van der Waals surface area contributed by atoms with Crippen molar-refractivity contribution in [3.63, 3.8) is 0 Å². The van der Waals surface area contributed by atoms with Crippen LogP contribution in [0.15, 0.2) is 60.7 Å². The van der Waals surface area contributed by atoms with E-state index in [0.29, 0.717) is 0 Å². The molecular formula is C23H21NO9S. The first-order valence-corrected chi connectivity index (χ1v) is 11.7. The minimum absolute atomic E-state index is 0.204. The van der Waals surface area contributed by atoms with Crippen molar-refractivity contribution in [3.05, 3.63) is 71.8 Å². The van der Waals surface area contributed by atoms with Gasteiger partial charge in [-0.1, -0.05) is 42.3 Å². The molecule has 4 rings (SSSR count). The molecule has 0 saturated carbocycles.